The molecule has 3 unspecified atom stereocenters. The topological polar surface area (TPSA) is 38.8 Å². The maximum absolute atomic E-state index is 12.2. The number of rotatable bonds is 6. The van der Waals surface area contributed by atoms with Crippen molar-refractivity contribution in [2.24, 2.45) is 23.7 Å². The molecule has 164 valence electrons. The van der Waals surface area contributed by atoms with Gasteiger partial charge in [0.1, 0.15) is 0 Å². The lowest BCUT2D eigenvalue weighted by molar-refractivity contribution is -0.180. The van der Waals surface area contributed by atoms with Crippen LogP contribution in [0.1, 0.15) is 65.0 Å². The highest BCUT2D eigenvalue weighted by atomic mass is 16.7. The molecular weight excluding hydrogens is 374 g/mol. The maximum Gasteiger partial charge on any atom is 0.333 e. The molecule has 0 amide bonds. The van der Waals surface area contributed by atoms with Gasteiger partial charge in [0, 0.05) is 30.2 Å². The average molecular weight is 412 g/mol. The molecule has 1 saturated carbocycles. The minimum absolute atomic E-state index is 0.172. The van der Waals surface area contributed by atoms with Crippen LogP contribution in [-0.4, -0.2) is 36.4 Å². The van der Waals surface area contributed by atoms with E-state index in [9.17, 15) is 4.79 Å². The minimum atomic E-state index is -0.493. The van der Waals surface area contributed by atoms with E-state index in [-0.39, 0.29) is 12.1 Å². The van der Waals surface area contributed by atoms with Crippen molar-refractivity contribution in [1.29, 1.82) is 0 Å². The summed E-state index contributed by atoms with van der Waals surface area (Å²) in [6, 6.07) is 11.0. The fourth-order valence-electron chi connectivity index (χ4n) is 5.45. The third-order valence-corrected chi connectivity index (χ3v) is 7.70. The summed E-state index contributed by atoms with van der Waals surface area (Å²) in [5.41, 5.74) is 2.40. The number of cyclic esters (lactones) is 1. The number of hydrogen-bond acceptors (Lipinski definition) is 4. The Bertz CT molecular complexity index is 759. The van der Waals surface area contributed by atoms with E-state index in [0.717, 1.165) is 31.5 Å². The molecule has 0 radical (unpaired) electrons. The lowest BCUT2D eigenvalue weighted by Crippen LogP contribution is -2.37. The second kappa shape index (κ2) is 9.23. The molecule has 6 atom stereocenters. The van der Waals surface area contributed by atoms with E-state index in [2.05, 4.69) is 62.9 Å². The van der Waals surface area contributed by atoms with E-state index >= 15 is 0 Å². The summed E-state index contributed by atoms with van der Waals surface area (Å²) in [5.74, 6) is 1.97. The Morgan fingerprint density at radius 1 is 1.10 bits per heavy atom. The van der Waals surface area contributed by atoms with Crippen molar-refractivity contribution < 1.29 is 14.3 Å². The van der Waals surface area contributed by atoms with Crippen molar-refractivity contribution >= 4 is 5.97 Å². The zero-order chi connectivity index (χ0) is 21.3. The zero-order valence-electron chi connectivity index (χ0n) is 18.9. The molecule has 0 aromatic heterocycles. The second-order valence-corrected chi connectivity index (χ2v) is 9.95. The fourth-order valence-corrected chi connectivity index (χ4v) is 5.45. The molecule has 3 aliphatic rings. The van der Waals surface area contributed by atoms with Crippen molar-refractivity contribution in [2.45, 2.75) is 71.8 Å². The van der Waals surface area contributed by atoms with Crippen molar-refractivity contribution in [1.82, 2.24) is 4.90 Å². The number of carbonyl (C=O) groups excluding carboxylic acids is 1. The van der Waals surface area contributed by atoms with Gasteiger partial charge in [-0.2, -0.15) is 0 Å². The molecule has 2 heterocycles. The molecule has 2 aliphatic heterocycles. The van der Waals surface area contributed by atoms with Gasteiger partial charge in [-0.05, 0) is 62.5 Å². The predicted molar refractivity (Wildman–Crippen MR) is 119 cm³/mol. The summed E-state index contributed by atoms with van der Waals surface area (Å²) < 4.78 is 12.1. The standard InChI is InChI=1S/C26H37NO3/c1-17(2)21-11-10-18(3)24(14-21)29-26-23(15-25(28)30-26)22-12-13-27(16-22)19(4)20-8-6-5-7-9-20/h5-9,15,17-19,21-22,24,26H,10-14,16H2,1-4H3/t18?,19-,21?,22+,24?,26-/m0/s1. The molecule has 4 nitrogen and oxygen atoms in total. The van der Waals surface area contributed by atoms with E-state index in [1.54, 1.807) is 6.08 Å². The highest BCUT2D eigenvalue weighted by Crippen LogP contribution is 2.39. The first kappa shape index (κ1) is 21.6. The highest BCUT2D eigenvalue weighted by molar-refractivity contribution is 5.85. The largest absolute Gasteiger partial charge is 0.428 e. The van der Waals surface area contributed by atoms with Crippen LogP contribution in [0.5, 0.6) is 0 Å². The molecule has 1 aromatic rings. The third-order valence-electron chi connectivity index (χ3n) is 7.70. The fraction of sp³-hybridized carbons (Fsp3) is 0.654. The predicted octanol–water partition coefficient (Wildman–Crippen LogP) is 5.36. The van der Waals surface area contributed by atoms with Gasteiger partial charge >= 0.3 is 5.97 Å². The SMILES string of the molecule is CC(C)C1CCC(C)C(O[C@H]2OC(=O)C=C2[C@@H]2CCN([C@@H](C)c3ccccc3)C2)C1. The van der Waals surface area contributed by atoms with Gasteiger partial charge in [-0.25, -0.2) is 4.79 Å². The van der Waals surface area contributed by atoms with Gasteiger partial charge in [0.15, 0.2) is 0 Å². The molecule has 0 spiro atoms. The summed E-state index contributed by atoms with van der Waals surface area (Å²) in [4.78, 5) is 14.7. The van der Waals surface area contributed by atoms with Gasteiger partial charge in [0.2, 0.25) is 6.29 Å². The number of carbonyl (C=O) groups is 1. The Morgan fingerprint density at radius 3 is 2.60 bits per heavy atom. The molecule has 0 bridgehead atoms. The maximum atomic E-state index is 12.2. The van der Waals surface area contributed by atoms with Crippen molar-refractivity contribution in [3.63, 3.8) is 0 Å². The molecule has 30 heavy (non-hydrogen) atoms. The van der Waals surface area contributed by atoms with Crippen LogP contribution < -0.4 is 0 Å². The van der Waals surface area contributed by atoms with Crippen LogP contribution >= 0.6 is 0 Å². The monoisotopic (exact) mass is 411 g/mol. The lowest BCUT2D eigenvalue weighted by atomic mass is 9.76. The van der Waals surface area contributed by atoms with Crippen LogP contribution in [0.25, 0.3) is 0 Å². The number of esters is 1. The van der Waals surface area contributed by atoms with Gasteiger partial charge in [-0.1, -0.05) is 51.1 Å². The second-order valence-electron chi connectivity index (χ2n) is 9.95. The summed E-state index contributed by atoms with van der Waals surface area (Å²) in [7, 11) is 0. The lowest BCUT2D eigenvalue weighted by Gasteiger charge is -2.37. The number of ether oxygens (including phenoxy) is 2. The minimum Gasteiger partial charge on any atom is -0.428 e. The Labute approximate surface area is 181 Å². The Kier molecular flexibility index (Phi) is 6.64. The first-order valence-electron chi connectivity index (χ1n) is 11.8. The van der Waals surface area contributed by atoms with Gasteiger partial charge < -0.3 is 9.47 Å². The normalized spacial score (nSPS) is 33.6. The quantitative estimate of drug-likeness (QED) is 0.591. The van der Waals surface area contributed by atoms with E-state index in [1.165, 1.54) is 18.4 Å². The van der Waals surface area contributed by atoms with E-state index in [4.69, 9.17) is 9.47 Å². The van der Waals surface area contributed by atoms with E-state index in [1.807, 2.05) is 0 Å². The summed E-state index contributed by atoms with van der Waals surface area (Å²) >= 11 is 0. The van der Waals surface area contributed by atoms with Crippen LogP contribution in [-0.2, 0) is 14.3 Å². The molecule has 1 aromatic carbocycles. The van der Waals surface area contributed by atoms with Crippen molar-refractivity contribution in [3.8, 4) is 0 Å². The number of likely N-dealkylation sites (tertiary alicyclic amines) is 1. The summed E-state index contributed by atoms with van der Waals surface area (Å²) in [5, 5.41) is 0. The van der Waals surface area contributed by atoms with Crippen LogP contribution in [0.3, 0.4) is 0 Å². The Morgan fingerprint density at radius 2 is 1.87 bits per heavy atom. The first-order valence-corrected chi connectivity index (χ1v) is 11.8. The number of benzene rings is 1. The van der Waals surface area contributed by atoms with Gasteiger partial charge in [-0.3, -0.25) is 4.90 Å². The Balaban J connectivity index is 1.41. The third kappa shape index (κ3) is 4.65. The molecule has 4 rings (SSSR count). The van der Waals surface area contributed by atoms with E-state index < -0.39 is 6.29 Å². The van der Waals surface area contributed by atoms with Crippen LogP contribution in [0, 0.1) is 23.7 Å². The van der Waals surface area contributed by atoms with E-state index in [0.29, 0.717) is 29.7 Å². The average Bonchev–Trinajstić information content (AvgIpc) is 3.36. The Hall–Kier alpha value is -1.65. The number of nitrogens with zero attached hydrogens (tertiary/aromatic N) is 1. The van der Waals surface area contributed by atoms with Gasteiger partial charge in [-0.15, -0.1) is 0 Å². The zero-order valence-corrected chi connectivity index (χ0v) is 18.9. The summed E-state index contributed by atoms with van der Waals surface area (Å²) in [6.45, 7) is 11.1. The summed E-state index contributed by atoms with van der Waals surface area (Å²) in [6.07, 6.45) is 5.98. The van der Waals surface area contributed by atoms with Crippen LogP contribution in [0.2, 0.25) is 0 Å². The smallest absolute Gasteiger partial charge is 0.333 e. The van der Waals surface area contributed by atoms with Crippen molar-refractivity contribution in [3.05, 3.63) is 47.5 Å². The van der Waals surface area contributed by atoms with Crippen LogP contribution in [0.15, 0.2) is 42.0 Å². The van der Waals surface area contributed by atoms with Gasteiger partial charge in [0.05, 0.1) is 6.10 Å². The molecule has 1 aliphatic carbocycles. The number of hydrogen-bond donors (Lipinski definition) is 0. The highest BCUT2D eigenvalue weighted by Gasteiger charge is 2.40. The molecule has 0 N–H and O–H groups in total. The van der Waals surface area contributed by atoms with Crippen LogP contribution in [0.4, 0.5) is 0 Å². The molecule has 1 saturated heterocycles. The van der Waals surface area contributed by atoms with Crippen molar-refractivity contribution in [2.75, 3.05) is 13.1 Å². The molecular formula is C26H37NO3. The van der Waals surface area contributed by atoms with Gasteiger partial charge in [0.25, 0.3) is 0 Å². The molecule has 2 fully saturated rings. The first-order chi connectivity index (χ1) is 14.4. The molecule has 4 heteroatoms.